The van der Waals surface area contributed by atoms with Gasteiger partial charge in [-0.3, -0.25) is 0 Å². The van der Waals surface area contributed by atoms with Gasteiger partial charge in [0.1, 0.15) is 5.82 Å². The van der Waals surface area contributed by atoms with Gasteiger partial charge in [0.15, 0.2) is 0 Å². The lowest BCUT2D eigenvalue weighted by atomic mass is 10.1. The highest BCUT2D eigenvalue weighted by atomic mass is 19.4. The number of nitrogens with one attached hydrogen (secondary N) is 2. The van der Waals surface area contributed by atoms with Crippen molar-refractivity contribution in [3.05, 3.63) is 71.9 Å². The second kappa shape index (κ2) is 7.43. The number of rotatable bonds is 5. The summed E-state index contributed by atoms with van der Waals surface area (Å²) in [7, 11) is 0. The Balaban J connectivity index is 1.70. The van der Waals surface area contributed by atoms with Gasteiger partial charge in [-0.2, -0.15) is 18.2 Å². The minimum Gasteiger partial charge on any atom is -0.340 e. The van der Waals surface area contributed by atoms with Crippen molar-refractivity contribution in [3.63, 3.8) is 0 Å². The van der Waals surface area contributed by atoms with Gasteiger partial charge in [-0.15, -0.1) is 0 Å². The summed E-state index contributed by atoms with van der Waals surface area (Å²) in [5.74, 6) is 0.874. The van der Waals surface area contributed by atoms with E-state index in [0.717, 1.165) is 24.2 Å². The Morgan fingerprint density at radius 2 is 1.46 bits per heavy atom. The van der Waals surface area contributed by atoms with Crippen LogP contribution in [-0.4, -0.2) is 9.97 Å². The normalized spacial score (nSPS) is 11.2. The average Bonchev–Trinajstić information content (AvgIpc) is 2.62. The van der Waals surface area contributed by atoms with Gasteiger partial charge in [0.25, 0.3) is 0 Å². The van der Waals surface area contributed by atoms with Crippen LogP contribution >= 0.6 is 0 Å². The van der Waals surface area contributed by atoms with Crippen LogP contribution in [0.25, 0.3) is 0 Å². The zero-order chi connectivity index (χ0) is 18.6. The predicted molar refractivity (Wildman–Crippen MR) is 95.9 cm³/mol. The van der Waals surface area contributed by atoms with E-state index in [9.17, 15) is 13.2 Å². The van der Waals surface area contributed by atoms with Gasteiger partial charge < -0.3 is 10.6 Å². The van der Waals surface area contributed by atoms with E-state index in [2.05, 4.69) is 27.5 Å². The highest BCUT2D eigenvalue weighted by molar-refractivity contribution is 5.59. The van der Waals surface area contributed by atoms with Crippen LogP contribution in [0, 0.1) is 0 Å². The van der Waals surface area contributed by atoms with Crippen LogP contribution in [0.2, 0.25) is 0 Å². The minimum absolute atomic E-state index is 0.395. The summed E-state index contributed by atoms with van der Waals surface area (Å²) in [6, 6.07) is 14.3. The van der Waals surface area contributed by atoms with Crippen LogP contribution in [0.3, 0.4) is 0 Å². The van der Waals surface area contributed by atoms with Gasteiger partial charge >= 0.3 is 6.18 Å². The molecule has 0 spiro atoms. The van der Waals surface area contributed by atoms with Gasteiger partial charge in [0.05, 0.1) is 5.56 Å². The molecular weight excluding hydrogens is 341 g/mol. The van der Waals surface area contributed by atoms with Crippen molar-refractivity contribution in [1.29, 1.82) is 0 Å². The number of aromatic nitrogens is 2. The molecule has 4 nitrogen and oxygen atoms in total. The van der Waals surface area contributed by atoms with Gasteiger partial charge in [-0.25, -0.2) is 4.98 Å². The summed E-state index contributed by atoms with van der Waals surface area (Å²) >= 11 is 0. The number of anilines is 4. The maximum absolute atomic E-state index is 12.6. The van der Waals surface area contributed by atoms with Crippen molar-refractivity contribution in [2.24, 2.45) is 0 Å². The number of halogens is 3. The Morgan fingerprint density at radius 3 is 2.08 bits per heavy atom. The summed E-state index contributed by atoms with van der Waals surface area (Å²) in [6.07, 6.45) is -1.82. The third-order valence-electron chi connectivity index (χ3n) is 3.76. The molecule has 1 heterocycles. The van der Waals surface area contributed by atoms with E-state index in [1.165, 1.54) is 17.7 Å². The maximum Gasteiger partial charge on any atom is 0.416 e. The van der Waals surface area contributed by atoms with E-state index in [-0.39, 0.29) is 0 Å². The topological polar surface area (TPSA) is 49.8 Å². The molecule has 2 N–H and O–H groups in total. The molecular formula is C19H17F3N4. The molecule has 2 aromatic carbocycles. The van der Waals surface area contributed by atoms with Crippen LogP contribution in [0.5, 0.6) is 0 Å². The first kappa shape index (κ1) is 17.7. The van der Waals surface area contributed by atoms with Crippen molar-refractivity contribution in [2.45, 2.75) is 19.5 Å². The highest BCUT2D eigenvalue weighted by Gasteiger charge is 2.29. The summed E-state index contributed by atoms with van der Waals surface area (Å²) in [4.78, 5) is 8.48. The Hall–Kier alpha value is -3.09. The molecule has 0 fully saturated rings. The molecule has 0 unspecified atom stereocenters. The Labute approximate surface area is 149 Å². The van der Waals surface area contributed by atoms with E-state index in [4.69, 9.17) is 0 Å². The van der Waals surface area contributed by atoms with Crippen LogP contribution in [0.4, 0.5) is 36.3 Å². The van der Waals surface area contributed by atoms with Crippen LogP contribution in [-0.2, 0) is 12.6 Å². The number of benzene rings is 2. The second-order valence-corrected chi connectivity index (χ2v) is 5.64. The molecule has 7 heteroatoms. The summed E-state index contributed by atoms with van der Waals surface area (Å²) < 4.78 is 37.8. The van der Waals surface area contributed by atoms with E-state index in [1.54, 1.807) is 12.3 Å². The first-order valence-electron chi connectivity index (χ1n) is 8.07. The fraction of sp³-hybridized carbons (Fsp3) is 0.158. The predicted octanol–water partition coefficient (Wildman–Crippen LogP) is 5.55. The smallest absolute Gasteiger partial charge is 0.340 e. The molecule has 0 radical (unpaired) electrons. The number of nitrogens with zero attached hydrogens (tertiary/aromatic N) is 2. The van der Waals surface area contributed by atoms with Crippen LogP contribution in [0.15, 0.2) is 60.8 Å². The number of hydrogen-bond donors (Lipinski definition) is 2. The second-order valence-electron chi connectivity index (χ2n) is 5.64. The molecule has 0 bridgehead atoms. The van der Waals surface area contributed by atoms with Gasteiger partial charge in [-0.1, -0.05) is 19.1 Å². The fourth-order valence-electron chi connectivity index (χ4n) is 2.33. The van der Waals surface area contributed by atoms with Gasteiger partial charge in [-0.05, 0) is 54.4 Å². The first-order valence-corrected chi connectivity index (χ1v) is 8.07. The zero-order valence-electron chi connectivity index (χ0n) is 14.0. The molecule has 0 aliphatic heterocycles. The number of aryl methyl sites for hydroxylation is 1. The standard InChI is InChI=1S/C19H17F3N4/c1-2-13-3-7-16(8-4-13)25-18-23-12-11-17(26-18)24-15-9-5-14(6-10-15)19(20,21)22/h3-12H,2H2,1H3,(H2,23,24,25,26). The van der Waals surface area contributed by atoms with E-state index in [0.29, 0.717) is 17.5 Å². The maximum atomic E-state index is 12.6. The third-order valence-corrected chi connectivity index (χ3v) is 3.76. The molecule has 1 aromatic heterocycles. The monoisotopic (exact) mass is 358 g/mol. The summed E-state index contributed by atoms with van der Waals surface area (Å²) in [5, 5.41) is 6.07. The molecule has 0 saturated heterocycles. The molecule has 3 rings (SSSR count). The SMILES string of the molecule is CCc1ccc(Nc2nccc(Nc3ccc(C(F)(F)F)cc3)n2)cc1. The summed E-state index contributed by atoms with van der Waals surface area (Å²) in [6.45, 7) is 2.09. The zero-order valence-corrected chi connectivity index (χ0v) is 14.0. The van der Waals surface area contributed by atoms with Crippen molar-refractivity contribution in [2.75, 3.05) is 10.6 Å². The average molecular weight is 358 g/mol. The van der Waals surface area contributed by atoms with E-state index < -0.39 is 11.7 Å². The first-order chi connectivity index (χ1) is 12.4. The largest absolute Gasteiger partial charge is 0.416 e. The molecule has 0 atom stereocenters. The molecule has 134 valence electrons. The quantitative estimate of drug-likeness (QED) is 0.628. The van der Waals surface area contributed by atoms with Crippen molar-refractivity contribution < 1.29 is 13.2 Å². The molecule has 26 heavy (non-hydrogen) atoms. The lowest BCUT2D eigenvalue weighted by Crippen LogP contribution is -2.04. The Kier molecular flexibility index (Phi) is 5.06. The van der Waals surface area contributed by atoms with Crippen LogP contribution in [0.1, 0.15) is 18.1 Å². The number of hydrogen-bond acceptors (Lipinski definition) is 4. The Bertz CT molecular complexity index is 859. The van der Waals surface area contributed by atoms with Crippen LogP contribution < -0.4 is 10.6 Å². The fourth-order valence-corrected chi connectivity index (χ4v) is 2.33. The van der Waals surface area contributed by atoms with Crippen molar-refractivity contribution in [1.82, 2.24) is 9.97 Å². The minimum atomic E-state index is -4.35. The van der Waals surface area contributed by atoms with Crippen molar-refractivity contribution >= 4 is 23.1 Å². The molecule has 0 aliphatic rings. The summed E-state index contributed by atoms with van der Waals surface area (Å²) in [5.41, 5.74) is 1.90. The molecule has 3 aromatic rings. The van der Waals surface area contributed by atoms with E-state index >= 15 is 0 Å². The molecule has 0 amide bonds. The lowest BCUT2D eigenvalue weighted by Gasteiger charge is -2.10. The number of alkyl halides is 3. The third kappa shape index (κ3) is 4.50. The van der Waals surface area contributed by atoms with Gasteiger partial charge in [0, 0.05) is 17.6 Å². The lowest BCUT2D eigenvalue weighted by molar-refractivity contribution is -0.137. The van der Waals surface area contributed by atoms with Gasteiger partial charge in [0.2, 0.25) is 5.95 Å². The highest BCUT2D eigenvalue weighted by Crippen LogP contribution is 2.30. The van der Waals surface area contributed by atoms with Crippen molar-refractivity contribution in [3.8, 4) is 0 Å². The van der Waals surface area contributed by atoms with E-state index in [1.807, 2.05) is 24.3 Å². The Morgan fingerprint density at radius 1 is 0.846 bits per heavy atom. The molecule has 0 saturated carbocycles. The molecule has 0 aliphatic carbocycles.